The van der Waals surface area contributed by atoms with Crippen LogP contribution in [0.25, 0.3) is 0 Å². The van der Waals surface area contributed by atoms with Crippen LogP contribution in [0.15, 0.2) is 42.7 Å². The van der Waals surface area contributed by atoms with Crippen LogP contribution in [0.3, 0.4) is 0 Å². The predicted molar refractivity (Wildman–Crippen MR) is 63.7 cm³/mol. The molecule has 5 heteroatoms. The van der Waals surface area contributed by atoms with E-state index in [1.807, 2.05) is 30.3 Å². The molecular formula is C12H13N3O2. The third kappa shape index (κ3) is 2.69. The lowest BCUT2D eigenvalue weighted by atomic mass is 10.0. The van der Waals surface area contributed by atoms with Gasteiger partial charge in [-0.05, 0) is 5.56 Å². The van der Waals surface area contributed by atoms with Gasteiger partial charge in [0.2, 0.25) is 0 Å². The molecule has 0 aliphatic heterocycles. The maximum absolute atomic E-state index is 10.5. The van der Waals surface area contributed by atoms with E-state index in [2.05, 4.69) is 12.0 Å². The molecule has 5 nitrogen and oxygen atoms in total. The number of nitro groups is 1. The minimum absolute atomic E-state index is 0.0326. The zero-order chi connectivity index (χ0) is 12.3. The van der Waals surface area contributed by atoms with Crippen LogP contribution in [-0.4, -0.2) is 14.7 Å². The lowest BCUT2D eigenvalue weighted by Gasteiger charge is -2.11. The molecule has 2 rings (SSSR count). The van der Waals surface area contributed by atoms with Crippen LogP contribution < -0.4 is 0 Å². The van der Waals surface area contributed by atoms with Gasteiger partial charge in [0.15, 0.2) is 0 Å². The van der Waals surface area contributed by atoms with Gasteiger partial charge < -0.3 is 0 Å². The lowest BCUT2D eigenvalue weighted by molar-refractivity contribution is -0.385. The van der Waals surface area contributed by atoms with E-state index < -0.39 is 4.92 Å². The van der Waals surface area contributed by atoms with Crippen LogP contribution in [0.4, 0.5) is 5.69 Å². The Morgan fingerprint density at radius 1 is 1.41 bits per heavy atom. The van der Waals surface area contributed by atoms with Gasteiger partial charge in [-0.1, -0.05) is 37.3 Å². The summed E-state index contributed by atoms with van der Waals surface area (Å²) >= 11 is 0. The molecule has 1 aromatic heterocycles. The van der Waals surface area contributed by atoms with E-state index in [0.717, 1.165) is 0 Å². The largest absolute Gasteiger partial charge is 0.306 e. The Morgan fingerprint density at radius 3 is 2.71 bits per heavy atom. The van der Waals surface area contributed by atoms with Crippen molar-refractivity contribution in [3.63, 3.8) is 0 Å². The summed E-state index contributed by atoms with van der Waals surface area (Å²) in [5.41, 5.74) is 1.23. The van der Waals surface area contributed by atoms with Gasteiger partial charge in [0.1, 0.15) is 12.4 Å². The average molecular weight is 231 g/mol. The molecule has 88 valence electrons. The minimum atomic E-state index is -0.434. The summed E-state index contributed by atoms with van der Waals surface area (Å²) in [5.74, 6) is 0.274. The van der Waals surface area contributed by atoms with Gasteiger partial charge in [-0.3, -0.25) is 14.8 Å². The number of aromatic nitrogens is 2. The van der Waals surface area contributed by atoms with Crippen molar-refractivity contribution in [1.29, 1.82) is 0 Å². The van der Waals surface area contributed by atoms with Gasteiger partial charge in [-0.15, -0.1) is 0 Å². The van der Waals surface area contributed by atoms with E-state index in [1.165, 1.54) is 18.0 Å². The van der Waals surface area contributed by atoms with Crippen molar-refractivity contribution in [1.82, 2.24) is 9.78 Å². The summed E-state index contributed by atoms with van der Waals surface area (Å²) in [7, 11) is 0. The highest BCUT2D eigenvalue weighted by atomic mass is 16.6. The van der Waals surface area contributed by atoms with Gasteiger partial charge in [-0.2, -0.15) is 5.10 Å². The number of rotatable bonds is 4. The van der Waals surface area contributed by atoms with Crippen LogP contribution in [0.5, 0.6) is 0 Å². The number of hydrogen-bond donors (Lipinski definition) is 0. The maximum atomic E-state index is 10.5. The molecule has 0 bridgehead atoms. The summed E-state index contributed by atoms with van der Waals surface area (Å²) in [6, 6.07) is 10.0. The van der Waals surface area contributed by atoms with Crippen molar-refractivity contribution in [3.8, 4) is 0 Å². The van der Waals surface area contributed by atoms with Gasteiger partial charge in [0.25, 0.3) is 0 Å². The van der Waals surface area contributed by atoms with Gasteiger partial charge in [0, 0.05) is 12.5 Å². The molecule has 0 saturated heterocycles. The van der Waals surface area contributed by atoms with Gasteiger partial charge >= 0.3 is 5.69 Å². The Balaban J connectivity index is 2.08. The van der Waals surface area contributed by atoms with E-state index in [-0.39, 0.29) is 11.6 Å². The van der Waals surface area contributed by atoms with Crippen LogP contribution in [-0.2, 0) is 6.54 Å². The normalized spacial score (nSPS) is 12.3. The molecule has 0 amide bonds. The molecule has 1 atom stereocenters. The molecular weight excluding hydrogens is 218 g/mol. The third-order valence-corrected chi connectivity index (χ3v) is 2.66. The van der Waals surface area contributed by atoms with Crippen molar-refractivity contribution >= 4 is 5.69 Å². The summed E-state index contributed by atoms with van der Waals surface area (Å²) in [6.07, 6.45) is 2.73. The predicted octanol–water partition coefficient (Wildman–Crippen LogP) is 2.60. The Kier molecular flexibility index (Phi) is 3.18. The van der Waals surface area contributed by atoms with E-state index in [4.69, 9.17) is 0 Å². The number of nitrogens with zero attached hydrogens (tertiary/aromatic N) is 3. The SMILES string of the molecule is C[C@@H](Cn1cc([N+](=O)[O-])cn1)c1ccccc1. The van der Waals surface area contributed by atoms with E-state index in [0.29, 0.717) is 6.54 Å². The molecule has 1 aromatic carbocycles. The summed E-state index contributed by atoms with van der Waals surface area (Å²) in [5, 5.41) is 14.5. The standard InChI is InChI=1S/C12H13N3O2/c1-10(11-5-3-2-4-6-11)8-14-9-12(7-13-14)15(16)17/h2-7,9-10H,8H2,1H3/t10-/m0/s1. The smallest absolute Gasteiger partial charge is 0.265 e. The monoisotopic (exact) mass is 231 g/mol. The van der Waals surface area contributed by atoms with Crippen molar-refractivity contribution in [2.75, 3.05) is 0 Å². The Bertz CT molecular complexity index is 507. The molecule has 0 saturated carbocycles. The first kappa shape index (κ1) is 11.3. The molecule has 0 radical (unpaired) electrons. The molecule has 0 fully saturated rings. The second-order valence-electron chi connectivity index (χ2n) is 3.99. The fraction of sp³-hybridized carbons (Fsp3) is 0.250. The fourth-order valence-corrected chi connectivity index (χ4v) is 1.71. The fourth-order valence-electron chi connectivity index (χ4n) is 1.71. The molecule has 0 N–H and O–H groups in total. The summed E-state index contributed by atoms with van der Waals surface area (Å²) in [6.45, 7) is 2.71. The zero-order valence-electron chi connectivity index (χ0n) is 9.48. The minimum Gasteiger partial charge on any atom is -0.265 e. The molecule has 1 heterocycles. The molecule has 17 heavy (non-hydrogen) atoms. The quantitative estimate of drug-likeness (QED) is 0.600. The van der Waals surface area contributed by atoms with Gasteiger partial charge in [0.05, 0.1) is 4.92 Å². The maximum Gasteiger partial charge on any atom is 0.306 e. The lowest BCUT2D eigenvalue weighted by Crippen LogP contribution is -2.06. The molecule has 0 aliphatic carbocycles. The first-order valence-electron chi connectivity index (χ1n) is 5.38. The van der Waals surface area contributed by atoms with E-state index in [9.17, 15) is 10.1 Å². The third-order valence-electron chi connectivity index (χ3n) is 2.66. The Labute approximate surface area is 98.8 Å². The highest BCUT2D eigenvalue weighted by molar-refractivity contribution is 5.22. The van der Waals surface area contributed by atoms with Crippen molar-refractivity contribution in [3.05, 3.63) is 58.4 Å². The van der Waals surface area contributed by atoms with Crippen LogP contribution in [0.1, 0.15) is 18.4 Å². The van der Waals surface area contributed by atoms with Crippen LogP contribution in [0.2, 0.25) is 0 Å². The molecule has 2 aromatic rings. The van der Waals surface area contributed by atoms with Crippen molar-refractivity contribution in [2.45, 2.75) is 19.4 Å². The second kappa shape index (κ2) is 4.78. The Hall–Kier alpha value is -2.17. The number of benzene rings is 1. The first-order valence-corrected chi connectivity index (χ1v) is 5.38. The second-order valence-corrected chi connectivity index (χ2v) is 3.99. The van der Waals surface area contributed by atoms with Gasteiger partial charge in [-0.25, -0.2) is 0 Å². The van der Waals surface area contributed by atoms with Crippen molar-refractivity contribution < 1.29 is 4.92 Å². The summed E-state index contributed by atoms with van der Waals surface area (Å²) < 4.78 is 1.61. The molecule has 0 aliphatic rings. The van der Waals surface area contributed by atoms with Crippen molar-refractivity contribution in [2.24, 2.45) is 0 Å². The van der Waals surface area contributed by atoms with Crippen LogP contribution >= 0.6 is 0 Å². The van der Waals surface area contributed by atoms with E-state index in [1.54, 1.807) is 4.68 Å². The highest BCUT2D eigenvalue weighted by Gasteiger charge is 2.11. The highest BCUT2D eigenvalue weighted by Crippen LogP contribution is 2.17. The van der Waals surface area contributed by atoms with E-state index >= 15 is 0 Å². The first-order chi connectivity index (χ1) is 8.16. The topological polar surface area (TPSA) is 61.0 Å². The summed E-state index contributed by atoms with van der Waals surface area (Å²) in [4.78, 5) is 10.1. The van der Waals surface area contributed by atoms with Crippen LogP contribution in [0, 0.1) is 10.1 Å². The Morgan fingerprint density at radius 2 is 2.12 bits per heavy atom. The molecule has 0 unspecified atom stereocenters. The number of hydrogen-bond acceptors (Lipinski definition) is 3. The molecule has 0 spiro atoms. The average Bonchev–Trinajstić information content (AvgIpc) is 2.79. The zero-order valence-corrected chi connectivity index (χ0v) is 9.48.